The Labute approximate surface area is 213 Å². The maximum atomic E-state index is 13.7. The highest BCUT2D eigenvalue weighted by molar-refractivity contribution is 7.89. The van der Waals surface area contributed by atoms with E-state index in [4.69, 9.17) is 4.52 Å². The Morgan fingerprint density at radius 1 is 1.03 bits per heavy atom. The van der Waals surface area contributed by atoms with Crippen LogP contribution in [0.4, 0.5) is 5.69 Å². The number of nitrogens with one attached hydrogen (secondary N) is 1. The number of aryl methyl sites for hydroxylation is 5. The van der Waals surface area contributed by atoms with E-state index in [-0.39, 0.29) is 23.1 Å². The van der Waals surface area contributed by atoms with Crippen LogP contribution in [0.1, 0.15) is 52.1 Å². The van der Waals surface area contributed by atoms with Crippen molar-refractivity contribution in [2.24, 2.45) is 5.92 Å². The Hall–Kier alpha value is -3.23. The molecule has 0 aliphatic carbocycles. The lowest BCUT2D eigenvalue weighted by molar-refractivity contribution is -0.120. The van der Waals surface area contributed by atoms with Gasteiger partial charge in [0, 0.05) is 18.8 Å². The molecule has 4 rings (SSSR count). The molecule has 1 fully saturated rings. The van der Waals surface area contributed by atoms with Gasteiger partial charge in [-0.2, -0.15) is 4.31 Å². The van der Waals surface area contributed by atoms with E-state index in [1.165, 1.54) is 4.31 Å². The van der Waals surface area contributed by atoms with Crippen LogP contribution < -0.4 is 5.32 Å². The van der Waals surface area contributed by atoms with Crippen molar-refractivity contribution >= 4 is 33.8 Å². The number of amides is 1. The van der Waals surface area contributed by atoms with E-state index >= 15 is 0 Å². The van der Waals surface area contributed by atoms with Crippen LogP contribution in [0.25, 0.3) is 12.2 Å². The minimum atomic E-state index is -3.91. The highest BCUT2D eigenvalue weighted by Crippen LogP contribution is 2.30. The summed E-state index contributed by atoms with van der Waals surface area (Å²) in [5, 5.41) is 6.97. The Morgan fingerprint density at radius 3 is 2.36 bits per heavy atom. The smallest absolute Gasteiger partial charge is 0.248 e. The van der Waals surface area contributed by atoms with E-state index in [9.17, 15) is 13.2 Å². The van der Waals surface area contributed by atoms with Gasteiger partial charge < -0.3 is 9.84 Å². The molecular weight excluding hydrogens is 474 g/mol. The maximum absolute atomic E-state index is 13.7. The van der Waals surface area contributed by atoms with Crippen LogP contribution in [0.5, 0.6) is 0 Å². The summed E-state index contributed by atoms with van der Waals surface area (Å²) < 4.78 is 34.1. The molecule has 1 aromatic heterocycles. The second-order valence-corrected chi connectivity index (χ2v) is 11.5. The largest absolute Gasteiger partial charge is 0.355 e. The van der Waals surface area contributed by atoms with Crippen molar-refractivity contribution in [1.29, 1.82) is 0 Å². The first-order chi connectivity index (χ1) is 17.1. The van der Waals surface area contributed by atoms with Crippen molar-refractivity contribution < 1.29 is 17.7 Å². The summed E-state index contributed by atoms with van der Waals surface area (Å²) in [6, 6.07) is 11.9. The van der Waals surface area contributed by atoms with Gasteiger partial charge in [0.15, 0.2) is 10.7 Å². The van der Waals surface area contributed by atoms with Gasteiger partial charge in [0.1, 0.15) is 5.69 Å². The second kappa shape index (κ2) is 10.4. The Bertz CT molecular complexity index is 1380. The van der Waals surface area contributed by atoms with Gasteiger partial charge in [0.2, 0.25) is 15.9 Å². The highest BCUT2D eigenvalue weighted by Gasteiger charge is 2.37. The number of aromatic nitrogens is 1. The maximum Gasteiger partial charge on any atom is 0.248 e. The minimum absolute atomic E-state index is 0.0529. The molecule has 1 amide bonds. The topological polar surface area (TPSA) is 92.5 Å². The van der Waals surface area contributed by atoms with Gasteiger partial charge in [-0.15, -0.1) is 0 Å². The van der Waals surface area contributed by atoms with E-state index in [2.05, 4.69) is 10.5 Å². The molecule has 0 unspecified atom stereocenters. The minimum Gasteiger partial charge on any atom is -0.355 e. The highest BCUT2D eigenvalue weighted by atomic mass is 32.2. The van der Waals surface area contributed by atoms with Gasteiger partial charge in [-0.05, 0) is 70.2 Å². The average molecular weight is 508 g/mol. The number of hydrogen-bond donors (Lipinski definition) is 1. The fourth-order valence-corrected chi connectivity index (χ4v) is 6.53. The number of carbonyl (C=O) groups is 1. The van der Waals surface area contributed by atoms with Crippen molar-refractivity contribution in [3.8, 4) is 0 Å². The zero-order chi connectivity index (χ0) is 26.0. The molecule has 3 aromatic rings. The molecule has 1 saturated heterocycles. The summed E-state index contributed by atoms with van der Waals surface area (Å²) in [5.74, 6) is -0.419. The van der Waals surface area contributed by atoms with Crippen LogP contribution in [0.2, 0.25) is 0 Å². The molecule has 1 atom stereocenters. The third-order valence-corrected chi connectivity index (χ3v) is 8.64. The normalized spacial score (nSPS) is 17.0. The van der Waals surface area contributed by atoms with E-state index in [1.54, 1.807) is 19.1 Å². The Balaban J connectivity index is 1.54. The average Bonchev–Trinajstić information content (AvgIpc) is 3.22. The fraction of sp³-hybridized carbons (Fsp3) is 0.357. The number of nitrogens with zero attached hydrogens (tertiary/aromatic N) is 2. The standard InChI is InChI=1S/C28H33N3O4S/c1-18-8-10-23(11-9-18)12-13-25-27(22(5)30-35-25)36(33,34)31-14-6-7-24(17-31)28(32)29-26-20(3)15-19(2)16-21(26)4/h8-13,15-16,24H,6-7,14,17H2,1-5H3,(H,29,32)/b13-12+/t24-/m0/s1. The predicted molar refractivity (Wildman–Crippen MR) is 142 cm³/mol. The molecule has 1 N–H and O–H groups in total. The third-order valence-electron chi connectivity index (χ3n) is 6.62. The molecule has 2 aromatic carbocycles. The van der Waals surface area contributed by atoms with Crippen molar-refractivity contribution in [1.82, 2.24) is 9.46 Å². The first kappa shape index (κ1) is 25.9. The molecule has 1 aliphatic heterocycles. The van der Waals surface area contributed by atoms with Crippen LogP contribution in [-0.2, 0) is 14.8 Å². The quantitative estimate of drug-likeness (QED) is 0.481. The molecule has 7 nitrogen and oxygen atoms in total. The van der Waals surface area contributed by atoms with Crippen molar-refractivity contribution in [2.45, 2.75) is 52.4 Å². The lowest BCUT2D eigenvalue weighted by atomic mass is 9.98. The number of benzene rings is 2. The van der Waals surface area contributed by atoms with Crippen LogP contribution >= 0.6 is 0 Å². The zero-order valence-electron chi connectivity index (χ0n) is 21.5. The fourth-order valence-electron chi connectivity index (χ4n) is 4.75. The van der Waals surface area contributed by atoms with Gasteiger partial charge in [0.25, 0.3) is 0 Å². The molecule has 1 aliphatic rings. The van der Waals surface area contributed by atoms with Crippen LogP contribution in [0.15, 0.2) is 45.8 Å². The van der Waals surface area contributed by atoms with Crippen LogP contribution in [0, 0.1) is 40.5 Å². The second-order valence-electron chi connectivity index (χ2n) is 9.67. The van der Waals surface area contributed by atoms with Crippen molar-refractivity contribution in [3.63, 3.8) is 0 Å². The summed E-state index contributed by atoms with van der Waals surface area (Å²) in [6.07, 6.45) is 4.67. The molecule has 0 saturated carbocycles. The van der Waals surface area contributed by atoms with Crippen molar-refractivity contribution in [3.05, 3.63) is 75.7 Å². The van der Waals surface area contributed by atoms with E-state index in [0.717, 1.165) is 33.5 Å². The number of rotatable bonds is 6. The lowest BCUT2D eigenvalue weighted by Crippen LogP contribution is -2.44. The first-order valence-electron chi connectivity index (χ1n) is 12.2. The molecule has 36 heavy (non-hydrogen) atoms. The van der Waals surface area contributed by atoms with Gasteiger partial charge in [-0.25, -0.2) is 8.42 Å². The molecule has 2 heterocycles. The van der Waals surface area contributed by atoms with Crippen molar-refractivity contribution in [2.75, 3.05) is 18.4 Å². The molecule has 8 heteroatoms. The number of sulfonamides is 1. The van der Waals surface area contributed by atoms with Gasteiger partial charge in [0.05, 0.1) is 5.92 Å². The Kier molecular flexibility index (Phi) is 7.47. The number of hydrogen-bond acceptors (Lipinski definition) is 5. The molecule has 0 radical (unpaired) electrons. The summed E-state index contributed by atoms with van der Waals surface area (Å²) in [5.41, 5.74) is 6.28. The lowest BCUT2D eigenvalue weighted by Gasteiger charge is -2.31. The number of carbonyl (C=O) groups excluding carboxylic acids is 1. The van der Waals surface area contributed by atoms with Crippen LogP contribution in [0.3, 0.4) is 0 Å². The van der Waals surface area contributed by atoms with Crippen LogP contribution in [-0.4, -0.2) is 36.9 Å². The molecule has 0 bridgehead atoms. The summed E-state index contributed by atoms with van der Waals surface area (Å²) >= 11 is 0. The summed E-state index contributed by atoms with van der Waals surface area (Å²) in [4.78, 5) is 13.2. The third kappa shape index (κ3) is 5.44. The SMILES string of the molecule is Cc1ccc(/C=C/c2onc(C)c2S(=O)(=O)N2CCC[C@H](C(=O)Nc3c(C)cc(C)cc3C)C2)cc1. The van der Waals surface area contributed by atoms with E-state index in [1.807, 2.05) is 64.1 Å². The summed E-state index contributed by atoms with van der Waals surface area (Å²) in [7, 11) is -3.91. The predicted octanol–water partition coefficient (Wildman–Crippen LogP) is 5.43. The molecule has 190 valence electrons. The van der Waals surface area contributed by atoms with Gasteiger partial charge in [-0.3, -0.25) is 4.79 Å². The summed E-state index contributed by atoms with van der Waals surface area (Å²) in [6.45, 7) is 10.0. The number of anilines is 1. The molecular formula is C28H33N3O4S. The number of piperidine rings is 1. The first-order valence-corrected chi connectivity index (χ1v) is 13.6. The van der Waals surface area contributed by atoms with E-state index < -0.39 is 15.9 Å². The zero-order valence-corrected chi connectivity index (χ0v) is 22.3. The molecule has 0 spiro atoms. The monoisotopic (exact) mass is 507 g/mol. The van der Waals surface area contributed by atoms with Gasteiger partial charge in [-0.1, -0.05) is 58.8 Å². The van der Waals surface area contributed by atoms with E-state index in [0.29, 0.717) is 25.1 Å². The van der Waals surface area contributed by atoms with Gasteiger partial charge >= 0.3 is 0 Å². The Morgan fingerprint density at radius 2 is 1.69 bits per heavy atom.